The van der Waals surface area contributed by atoms with Gasteiger partial charge < -0.3 is 5.32 Å². The number of para-hydroxylation sites is 1. The van der Waals surface area contributed by atoms with Gasteiger partial charge in [0.25, 0.3) is 5.91 Å². The average molecular weight is 365 g/mol. The minimum Gasteiger partial charge on any atom is -0.318 e. The fourth-order valence-corrected chi connectivity index (χ4v) is 4.11. The summed E-state index contributed by atoms with van der Waals surface area (Å²) in [6.07, 6.45) is 0. The third-order valence-electron chi connectivity index (χ3n) is 4.52. The Morgan fingerprint density at radius 2 is 1.81 bits per heavy atom. The zero-order valence-corrected chi connectivity index (χ0v) is 15.9. The lowest BCUT2D eigenvalue weighted by Gasteiger charge is -2.04. The van der Waals surface area contributed by atoms with Crippen molar-refractivity contribution in [3.05, 3.63) is 58.4 Å². The van der Waals surface area contributed by atoms with Gasteiger partial charge in [-0.25, -0.2) is 4.68 Å². The quantitative estimate of drug-likeness (QED) is 0.597. The van der Waals surface area contributed by atoms with Crippen LogP contribution in [0.3, 0.4) is 0 Å². The Hall–Kier alpha value is -2.93. The molecule has 0 bridgehead atoms. The molecule has 132 valence electrons. The topological polar surface area (TPSA) is 64.7 Å². The molecule has 3 heterocycles. The van der Waals surface area contributed by atoms with E-state index in [9.17, 15) is 4.79 Å². The van der Waals surface area contributed by atoms with E-state index >= 15 is 0 Å². The van der Waals surface area contributed by atoms with E-state index < -0.39 is 0 Å². The summed E-state index contributed by atoms with van der Waals surface area (Å²) in [5.74, 6) is -0.121. The Balaban J connectivity index is 1.73. The van der Waals surface area contributed by atoms with Crippen LogP contribution in [0.4, 0.5) is 5.69 Å². The smallest absolute Gasteiger partial charge is 0.265 e. The Labute approximate surface area is 155 Å². The second-order valence-electron chi connectivity index (χ2n) is 6.29. The van der Waals surface area contributed by atoms with Gasteiger partial charge in [0.05, 0.1) is 33.3 Å². The lowest BCUT2D eigenvalue weighted by atomic mass is 10.2. The van der Waals surface area contributed by atoms with Gasteiger partial charge in [-0.15, -0.1) is 11.3 Å². The van der Waals surface area contributed by atoms with Gasteiger partial charge in [-0.3, -0.25) is 9.48 Å². The number of hydrogen-bond donors (Lipinski definition) is 1. The molecule has 4 aromatic rings. The Kier molecular flexibility index (Phi) is 3.88. The molecule has 3 aromatic heterocycles. The summed E-state index contributed by atoms with van der Waals surface area (Å²) in [5.41, 5.74) is 4.41. The Bertz CT molecular complexity index is 1120. The number of aromatic nitrogens is 4. The lowest BCUT2D eigenvalue weighted by molar-refractivity contribution is 0.103. The number of amides is 1. The molecule has 0 radical (unpaired) electrons. The number of aryl methyl sites for hydroxylation is 3. The summed E-state index contributed by atoms with van der Waals surface area (Å²) in [5, 5.41) is 13.0. The van der Waals surface area contributed by atoms with Crippen LogP contribution in [-0.4, -0.2) is 25.5 Å². The fourth-order valence-electron chi connectivity index (χ4n) is 3.03. The van der Waals surface area contributed by atoms with Crippen molar-refractivity contribution >= 4 is 33.1 Å². The van der Waals surface area contributed by atoms with Gasteiger partial charge >= 0.3 is 0 Å². The van der Waals surface area contributed by atoms with E-state index in [-0.39, 0.29) is 5.91 Å². The van der Waals surface area contributed by atoms with Gasteiger partial charge in [0.2, 0.25) is 0 Å². The van der Waals surface area contributed by atoms with Crippen molar-refractivity contribution in [3.8, 4) is 5.69 Å². The van der Waals surface area contributed by atoms with Gasteiger partial charge in [0.15, 0.2) is 0 Å². The molecule has 26 heavy (non-hydrogen) atoms. The highest BCUT2D eigenvalue weighted by Crippen LogP contribution is 2.31. The molecule has 0 fully saturated rings. The zero-order valence-electron chi connectivity index (χ0n) is 15.1. The number of rotatable bonds is 3. The van der Waals surface area contributed by atoms with Crippen LogP contribution < -0.4 is 5.32 Å². The van der Waals surface area contributed by atoms with Crippen molar-refractivity contribution in [1.82, 2.24) is 19.6 Å². The maximum atomic E-state index is 12.8. The molecule has 7 heteroatoms. The first-order valence-corrected chi connectivity index (χ1v) is 9.13. The summed E-state index contributed by atoms with van der Waals surface area (Å²) >= 11 is 1.45. The van der Waals surface area contributed by atoms with Crippen molar-refractivity contribution in [1.29, 1.82) is 0 Å². The van der Waals surface area contributed by atoms with Gasteiger partial charge in [0, 0.05) is 12.4 Å². The molecule has 0 aliphatic rings. The van der Waals surface area contributed by atoms with E-state index in [0.717, 1.165) is 38.7 Å². The van der Waals surface area contributed by atoms with Crippen LogP contribution in [0.1, 0.15) is 26.8 Å². The second-order valence-corrected chi connectivity index (χ2v) is 7.32. The number of benzene rings is 1. The van der Waals surface area contributed by atoms with Crippen molar-refractivity contribution in [2.45, 2.75) is 20.8 Å². The minimum absolute atomic E-state index is 0.121. The Morgan fingerprint density at radius 1 is 1.08 bits per heavy atom. The largest absolute Gasteiger partial charge is 0.318 e. The van der Waals surface area contributed by atoms with E-state index in [2.05, 4.69) is 15.5 Å². The van der Waals surface area contributed by atoms with E-state index in [0.29, 0.717) is 4.88 Å². The third-order valence-corrected chi connectivity index (χ3v) is 5.63. The van der Waals surface area contributed by atoms with Gasteiger partial charge in [-0.2, -0.15) is 10.2 Å². The van der Waals surface area contributed by atoms with Crippen molar-refractivity contribution < 1.29 is 4.79 Å². The van der Waals surface area contributed by atoms with Gasteiger partial charge in [-0.1, -0.05) is 18.2 Å². The molecule has 0 saturated carbocycles. The molecule has 0 saturated heterocycles. The molecule has 1 aromatic carbocycles. The monoisotopic (exact) mass is 365 g/mol. The van der Waals surface area contributed by atoms with Gasteiger partial charge in [0.1, 0.15) is 4.83 Å². The summed E-state index contributed by atoms with van der Waals surface area (Å²) < 4.78 is 3.67. The highest BCUT2D eigenvalue weighted by atomic mass is 32.1. The molecular weight excluding hydrogens is 346 g/mol. The minimum atomic E-state index is -0.121. The number of nitrogens with one attached hydrogen (secondary N) is 1. The molecular formula is C19H19N5OS. The number of hydrogen-bond acceptors (Lipinski definition) is 4. The van der Waals surface area contributed by atoms with Crippen molar-refractivity contribution in [2.75, 3.05) is 5.32 Å². The standard InChI is InChI=1S/C19H19N5OS/c1-11-15-10-16(18(25)20-17-12(2)21-23(4)13(17)3)26-19(15)24(22-11)14-8-6-5-7-9-14/h5-10H,1-4H3,(H,20,25). The average Bonchev–Trinajstić information content (AvgIpc) is 3.26. The van der Waals surface area contributed by atoms with E-state index in [1.54, 1.807) is 4.68 Å². The normalized spacial score (nSPS) is 11.2. The maximum absolute atomic E-state index is 12.8. The van der Waals surface area contributed by atoms with E-state index in [1.807, 2.05) is 68.9 Å². The molecule has 4 rings (SSSR count). The third kappa shape index (κ3) is 2.61. The van der Waals surface area contributed by atoms with Gasteiger partial charge in [-0.05, 0) is 39.0 Å². The van der Waals surface area contributed by atoms with Crippen LogP contribution in [0.5, 0.6) is 0 Å². The number of anilines is 1. The number of nitrogens with zero attached hydrogens (tertiary/aromatic N) is 4. The number of thiophene rings is 1. The maximum Gasteiger partial charge on any atom is 0.265 e. The zero-order chi connectivity index (χ0) is 18.4. The molecule has 0 atom stereocenters. The fraction of sp³-hybridized carbons (Fsp3) is 0.211. The molecule has 6 nitrogen and oxygen atoms in total. The number of carbonyl (C=O) groups excluding carboxylic acids is 1. The predicted molar refractivity (Wildman–Crippen MR) is 104 cm³/mol. The summed E-state index contributed by atoms with van der Waals surface area (Å²) in [6.45, 7) is 5.80. The van der Waals surface area contributed by atoms with E-state index in [1.165, 1.54) is 11.3 Å². The van der Waals surface area contributed by atoms with Crippen LogP contribution in [0, 0.1) is 20.8 Å². The summed E-state index contributed by atoms with van der Waals surface area (Å²) in [6, 6.07) is 11.9. The lowest BCUT2D eigenvalue weighted by Crippen LogP contribution is -2.11. The second kappa shape index (κ2) is 6.10. The molecule has 0 aliphatic carbocycles. The Morgan fingerprint density at radius 3 is 2.46 bits per heavy atom. The first-order chi connectivity index (χ1) is 12.5. The van der Waals surface area contributed by atoms with E-state index in [4.69, 9.17) is 0 Å². The molecule has 1 N–H and O–H groups in total. The molecule has 0 unspecified atom stereocenters. The number of carbonyl (C=O) groups is 1. The van der Waals surface area contributed by atoms with Crippen LogP contribution >= 0.6 is 11.3 Å². The first kappa shape index (κ1) is 16.5. The first-order valence-electron chi connectivity index (χ1n) is 8.32. The highest BCUT2D eigenvalue weighted by molar-refractivity contribution is 7.20. The highest BCUT2D eigenvalue weighted by Gasteiger charge is 2.19. The van der Waals surface area contributed by atoms with Crippen LogP contribution in [0.15, 0.2) is 36.4 Å². The molecule has 1 amide bonds. The summed E-state index contributed by atoms with van der Waals surface area (Å²) in [7, 11) is 1.87. The van der Waals surface area contributed by atoms with Crippen molar-refractivity contribution in [2.24, 2.45) is 7.05 Å². The molecule has 0 spiro atoms. The van der Waals surface area contributed by atoms with Crippen LogP contribution in [0.25, 0.3) is 15.9 Å². The SMILES string of the molecule is Cc1nn(C)c(C)c1NC(=O)c1cc2c(C)nn(-c3ccccc3)c2s1. The number of fused-ring (bicyclic) bond motifs is 1. The predicted octanol–water partition coefficient (Wildman–Crippen LogP) is 4.00. The van der Waals surface area contributed by atoms with Crippen molar-refractivity contribution in [3.63, 3.8) is 0 Å². The van der Waals surface area contributed by atoms with Crippen LogP contribution in [0.2, 0.25) is 0 Å². The molecule has 0 aliphatic heterocycles. The van der Waals surface area contributed by atoms with Crippen LogP contribution in [-0.2, 0) is 7.05 Å². The summed E-state index contributed by atoms with van der Waals surface area (Å²) in [4.78, 5) is 14.4.